The van der Waals surface area contributed by atoms with Gasteiger partial charge in [0.15, 0.2) is 5.70 Å². The zero-order chi connectivity index (χ0) is 13.4. The maximum Gasteiger partial charge on any atom is 0.175 e. The Morgan fingerprint density at radius 3 is 2.72 bits per heavy atom. The maximum atomic E-state index is 8.72. The highest BCUT2D eigenvalue weighted by molar-refractivity contribution is 5.79. The van der Waals surface area contributed by atoms with E-state index in [1.165, 1.54) is 6.34 Å². The molecule has 0 amide bonds. The first-order valence-electron chi connectivity index (χ1n) is 4.95. The van der Waals surface area contributed by atoms with Gasteiger partial charge < -0.3 is 15.8 Å². The normalized spacial score (nSPS) is 11.3. The number of hydrogen-bond acceptors (Lipinski definition) is 5. The van der Waals surface area contributed by atoms with Crippen molar-refractivity contribution in [3.8, 4) is 17.9 Å². The van der Waals surface area contributed by atoms with Gasteiger partial charge in [0.25, 0.3) is 0 Å². The molecule has 0 bridgehead atoms. The minimum absolute atomic E-state index is 0.139. The molecule has 0 saturated carbocycles. The van der Waals surface area contributed by atoms with Crippen LogP contribution in [0.2, 0.25) is 0 Å². The molecule has 6 heteroatoms. The molecule has 0 unspecified atom stereocenters. The van der Waals surface area contributed by atoms with Gasteiger partial charge in [0.1, 0.15) is 23.6 Å². The highest BCUT2D eigenvalue weighted by atomic mass is 16.5. The van der Waals surface area contributed by atoms with Crippen molar-refractivity contribution in [3.05, 3.63) is 35.7 Å². The highest BCUT2D eigenvalue weighted by Gasteiger charge is 2.00. The number of nitrogens with zero attached hydrogens (tertiary/aromatic N) is 3. The molecule has 0 aliphatic carbocycles. The number of ether oxygens (including phenoxy) is 1. The van der Waals surface area contributed by atoms with Gasteiger partial charge in [-0.2, -0.15) is 10.5 Å². The number of nitrogens with two attached hydrogens (primary N) is 1. The predicted molar refractivity (Wildman–Crippen MR) is 67.5 cm³/mol. The summed E-state index contributed by atoms with van der Waals surface area (Å²) in [5.74, 6) is 0.639. The molecule has 0 atom stereocenters. The molecule has 0 saturated heterocycles. The minimum Gasteiger partial charge on any atom is -0.495 e. The van der Waals surface area contributed by atoms with Crippen LogP contribution in [0.25, 0.3) is 0 Å². The van der Waals surface area contributed by atoms with Crippen molar-refractivity contribution in [3.63, 3.8) is 0 Å². The van der Waals surface area contributed by atoms with Gasteiger partial charge in [0.05, 0.1) is 19.1 Å². The summed E-state index contributed by atoms with van der Waals surface area (Å²) in [5.41, 5.74) is 5.62. The molecule has 18 heavy (non-hydrogen) atoms. The zero-order valence-electron chi connectivity index (χ0n) is 9.71. The van der Waals surface area contributed by atoms with Crippen molar-refractivity contribution in [1.29, 1.82) is 10.5 Å². The number of nitrogens with one attached hydrogen (secondary N) is 1. The Bertz CT molecular complexity index is 563. The SMILES string of the molecule is COc1ccccc1NC=N/C(C#N)=C(\N)C#N. The number of allylic oxidation sites excluding steroid dienone is 2. The van der Waals surface area contributed by atoms with Crippen LogP contribution in [0.15, 0.2) is 40.7 Å². The Balaban J connectivity index is 2.83. The Hall–Kier alpha value is -2.99. The average molecular weight is 241 g/mol. The Morgan fingerprint density at radius 1 is 1.39 bits per heavy atom. The largest absolute Gasteiger partial charge is 0.495 e. The molecule has 0 spiro atoms. The Morgan fingerprint density at radius 2 is 2.11 bits per heavy atom. The second-order valence-electron chi connectivity index (χ2n) is 3.09. The van der Waals surface area contributed by atoms with E-state index in [4.69, 9.17) is 21.0 Å². The van der Waals surface area contributed by atoms with Crippen LogP contribution < -0.4 is 15.8 Å². The first-order chi connectivity index (χ1) is 8.72. The molecule has 0 aliphatic heterocycles. The van der Waals surface area contributed by atoms with Gasteiger partial charge in [-0.15, -0.1) is 0 Å². The second kappa shape index (κ2) is 6.56. The molecule has 1 aromatic rings. The topological polar surface area (TPSA) is 107 Å². The van der Waals surface area contributed by atoms with Crippen LogP contribution in [0.3, 0.4) is 0 Å². The van der Waals surface area contributed by atoms with Crippen molar-refractivity contribution in [2.75, 3.05) is 12.4 Å². The van der Waals surface area contributed by atoms with E-state index in [-0.39, 0.29) is 11.4 Å². The van der Waals surface area contributed by atoms with Crippen molar-refractivity contribution >= 4 is 12.0 Å². The Kier molecular flexibility index (Phi) is 4.77. The lowest BCUT2D eigenvalue weighted by Crippen LogP contribution is -2.01. The molecule has 1 rings (SSSR count). The molecular weight excluding hydrogens is 230 g/mol. The quantitative estimate of drug-likeness (QED) is 0.470. The van der Waals surface area contributed by atoms with Crippen molar-refractivity contribution in [1.82, 2.24) is 0 Å². The predicted octanol–water partition coefficient (Wildman–Crippen LogP) is 1.35. The van der Waals surface area contributed by atoms with Crippen LogP contribution in [0.5, 0.6) is 5.75 Å². The van der Waals surface area contributed by atoms with Gasteiger partial charge in [0.2, 0.25) is 0 Å². The summed E-state index contributed by atoms with van der Waals surface area (Å²) in [5, 5.41) is 20.1. The molecule has 90 valence electrons. The number of para-hydroxylation sites is 2. The van der Waals surface area contributed by atoms with Crippen LogP contribution >= 0.6 is 0 Å². The summed E-state index contributed by atoms with van der Waals surface area (Å²) in [7, 11) is 1.55. The van der Waals surface area contributed by atoms with E-state index in [0.29, 0.717) is 11.4 Å². The number of methoxy groups -OCH3 is 1. The van der Waals surface area contributed by atoms with E-state index < -0.39 is 0 Å². The highest BCUT2D eigenvalue weighted by Crippen LogP contribution is 2.22. The van der Waals surface area contributed by atoms with E-state index >= 15 is 0 Å². The molecule has 0 fully saturated rings. The third-order valence-corrected chi connectivity index (χ3v) is 2.00. The lowest BCUT2D eigenvalue weighted by molar-refractivity contribution is 0.417. The van der Waals surface area contributed by atoms with Gasteiger partial charge >= 0.3 is 0 Å². The number of benzene rings is 1. The zero-order valence-corrected chi connectivity index (χ0v) is 9.71. The summed E-state index contributed by atoms with van der Waals surface area (Å²) in [6.07, 6.45) is 1.28. The lowest BCUT2D eigenvalue weighted by atomic mass is 10.3. The van der Waals surface area contributed by atoms with Gasteiger partial charge in [0, 0.05) is 0 Å². The van der Waals surface area contributed by atoms with Crippen LogP contribution in [0.1, 0.15) is 0 Å². The molecule has 0 heterocycles. The van der Waals surface area contributed by atoms with Crippen molar-refractivity contribution in [2.24, 2.45) is 10.7 Å². The van der Waals surface area contributed by atoms with E-state index in [2.05, 4.69) is 10.3 Å². The van der Waals surface area contributed by atoms with Crippen molar-refractivity contribution in [2.45, 2.75) is 0 Å². The standard InChI is InChI=1S/C12H11N5O/c1-18-12-5-3-2-4-10(12)16-8-17-11(7-14)9(15)6-13/h2-5,8H,15H2,1H3,(H,16,17)/b11-9-. The van der Waals surface area contributed by atoms with Crippen LogP contribution in [0.4, 0.5) is 5.69 Å². The third-order valence-electron chi connectivity index (χ3n) is 2.00. The molecule has 0 aliphatic rings. The molecule has 1 aromatic carbocycles. The third kappa shape index (κ3) is 3.26. The first kappa shape index (κ1) is 13.1. The Labute approximate surface area is 105 Å². The fourth-order valence-electron chi connectivity index (χ4n) is 1.14. The number of anilines is 1. The summed E-state index contributed by atoms with van der Waals surface area (Å²) in [4.78, 5) is 3.76. The fraction of sp³-hybridized carbons (Fsp3) is 0.0833. The molecule has 6 nitrogen and oxygen atoms in total. The second-order valence-corrected chi connectivity index (χ2v) is 3.09. The van der Waals surface area contributed by atoms with Crippen LogP contribution in [-0.2, 0) is 0 Å². The molecule has 0 aromatic heterocycles. The van der Waals surface area contributed by atoms with Gasteiger partial charge in [-0.3, -0.25) is 0 Å². The summed E-state index contributed by atoms with van der Waals surface area (Å²) >= 11 is 0. The van der Waals surface area contributed by atoms with Gasteiger partial charge in [-0.25, -0.2) is 4.99 Å². The maximum absolute atomic E-state index is 8.72. The summed E-state index contributed by atoms with van der Waals surface area (Å²) < 4.78 is 5.12. The van der Waals surface area contributed by atoms with E-state index in [9.17, 15) is 0 Å². The average Bonchev–Trinajstić information content (AvgIpc) is 2.43. The number of aliphatic imine (C=N–C) groups is 1. The summed E-state index contributed by atoms with van der Waals surface area (Å²) in [6.45, 7) is 0. The smallest absolute Gasteiger partial charge is 0.175 e. The summed E-state index contributed by atoms with van der Waals surface area (Å²) in [6, 6.07) is 10.6. The van der Waals surface area contributed by atoms with E-state index in [1.54, 1.807) is 31.4 Å². The number of rotatable bonds is 4. The monoisotopic (exact) mass is 241 g/mol. The minimum atomic E-state index is -0.226. The van der Waals surface area contributed by atoms with E-state index in [1.807, 2.05) is 12.1 Å². The fourth-order valence-corrected chi connectivity index (χ4v) is 1.14. The molecule has 3 N–H and O–H groups in total. The lowest BCUT2D eigenvalue weighted by Gasteiger charge is -2.06. The number of hydrogen-bond donors (Lipinski definition) is 2. The van der Waals surface area contributed by atoms with Crippen LogP contribution in [-0.4, -0.2) is 13.4 Å². The molecule has 0 radical (unpaired) electrons. The van der Waals surface area contributed by atoms with E-state index in [0.717, 1.165) is 0 Å². The van der Waals surface area contributed by atoms with Crippen molar-refractivity contribution < 1.29 is 4.74 Å². The number of nitriles is 2. The van der Waals surface area contributed by atoms with Gasteiger partial charge in [-0.1, -0.05) is 12.1 Å². The first-order valence-corrected chi connectivity index (χ1v) is 4.95. The van der Waals surface area contributed by atoms with Gasteiger partial charge in [-0.05, 0) is 12.1 Å². The molecular formula is C12H11N5O. The van der Waals surface area contributed by atoms with Crippen LogP contribution in [0, 0.1) is 22.7 Å².